The maximum Gasteiger partial charge on any atom is 0.253 e. The van der Waals surface area contributed by atoms with Crippen molar-refractivity contribution in [2.24, 2.45) is 0 Å². The van der Waals surface area contributed by atoms with Gasteiger partial charge in [0.25, 0.3) is 10.0 Å². The summed E-state index contributed by atoms with van der Waals surface area (Å²) in [5, 5.41) is 0. The van der Waals surface area contributed by atoms with E-state index >= 15 is 0 Å². The highest BCUT2D eigenvalue weighted by molar-refractivity contribution is 7.91. The van der Waals surface area contributed by atoms with Gasteiger partial charge in [-0.2, -0.15) is 4.31 Å². The Hall–Kier alpha value is -1.68. The van der Waals surface area contributed by atoms with E-state index < -0.39 is 10.0 Å². The van der Waals surface area contributed by atoms with E-state index in [1.54, 1.807) is 18.3 Å². The molecule has 4 nitrogen and oxygen atoms in total. The van der Waals surface area contributed by atoms with Gasteiger partial charge in [0.05, 0.1) is 17.1 Å². The highest BCUT2D eigenvalue weighted by Crippen LogP contribution is 2.36. The second-order valence-electron chi connectivity index (χ2n) is 4.82. The molecule has 108 valence electrons. The van der Waals surface area contributed by atoms with Gasteiger partial charge in [-0.3, -0.25) is 4.98 Å². The van der Waals surface area contributed by atoms with Gasteiger partial charge in [-0.05, 0) is 37.1 Å². The van der Waals surface area contributed by atoms with Crippen LogP contribution in [0.5, 0.6) is 0 Å². The van der Waals surface area contributed by atoms with Gasteiger partial charge in [0.2, 0.25) is 0 Å². The summed E-state index contributed by atoms with van der Waals surface area (Å²) in [4.78, 5) is 5.08. The first kappa shape index (κ1) is 14.3. The minimum absolute atomic E-state index is 0.0615. The quantitative estimate of drug-likeness (QED) is 0.796. The molecule has 0 saturated heterocycles. The Labute approximate surface area is 128 Å². The lowest BCUT2D eigenvalue weighted by molar-refractivity contribution is 0.442. The Balaban J connectivity index is 1.93. The highest BCUT2D eigenvalue weighted by atomic mass is 32.2. The average molecular weight is 318 g/mol. The second kappa shape index (κ2) is 5.60. The first-order chi connectivity index (χ1) is 10.1. The number of rotatable bonds is 5. The van der Waals surface area contributed by atoms with Crippen LogP contribution >= 0.6 is 11.3 Å². The topological polar surface area (TPSA) is 50.3 Å². The molecule has 2 aromatic heterocycles. The first-order valence-corrected chi connectivity index (χ1v) is 8.85. The third kappa shape index (κ3) is 2.86. The van der Waals surface area contributed by atoms with Crippen molar-refractivity contribution in [1.82, 2.24) is 9.29 Å². The Kier molecular flexibility index (Phi) is 3.81. The van der Waals surface area contributed by atoms with Gasteiger partial charge in [0.15, 0.2) is 0 Å². The predicted octanol–water partition coefficient (Wildman–Crippen LogP) is 2.60. The van der Waals surface area contributed by atoms with Crippen LogP contribution in [0.4, 0.5) is 0 Å². The van der Waals surface area contributed by atoms with Crippen molar-refractivity contribution >= 4 is 21.4 Å². The Morgan fingerprint density at radius 3 is 2.76 bits per heavy atom. The van der Waals surface area contributed by atoms with Gasteiger partial charge in [-0.15, -0.1) is 17.8 Å². The van der Waals surface area contributed by atoms with Crippen LogP contribution in [0.3, 0.4) is 0 Å². The van der Waals surface area contributed by atoms with Crippen molar-refractivity contribution in [3.63, 3.8) is 0 Å². The van der Waals surface area contributed by atoms with E-state index in [0.717, 1.165) is 23.4 Å². The zero-order valence-corrected chi connectivity index (χ0v) is 12.9. The third-order valence-corrected chi connectivity index (χ3v) is 6.74. The van der Waals surface area contributed by atoms with Gasteiger partial charge in [-0.1, -0.05) is 12.0 Å². The van der Waals surface area contributed by atoms with E-state index in [1.807, 2.05) is 18.2 Å². The lowest BCUT2D eigenvalue weighted by atomic mass is 10.3. The van der Waals surface area contributed by atoms with Gasteiger partial charge >= 0.3 is 0 Å². The Morgan fingerprint density at radius 2 is 2.14 bits per heavy atom. The van der Waals surface area contributed by atoms with Crippen molar-refractivity contribution in [2.75, 3.05) is 6.54 Å². The summed E-state index contributed by atoms with van der Waals surface area (Å²) in [6.45, 7) is 0.129. The van der Waals surface area contributed by atoms with Crippen molar-refractivity contribution in [3.05, 3.63) is 36.5 Å². The summed E-state index contributed by atoms with van der Waals surface area (Å²) in [6.07, 6.45) is 8.77. The molecule has 0 aromatic carbocycles. The number of hydrogen-bond acceptors (Lipinski definition) is 4. The summed E-state index contributed by atoms with van der Waals surface area (Å²) in [7, 11) is -3.51. The standard InChI is InChI=1S/C15H14N2O2S2/c1-2-11-17(12-6-7-12)21(18,19)15-9-8-14(20-15)13-5-3-4-10-16-13/h1,3-5,8-10,12H,6-7,11H2. The van der Waals surface area contributed by atoms with Gasteiger partial charge < -0.3 is 0 Å². The van der Waals surface area contributed by atoms with Crippen LogP contribution in [-0.2, 0) is 10.0 Å². The summed E-state index contributed by atoms with van der Waals surface area (Å²) in [5.41, 5.74) is 0.777. The van der Waals surface area contributed by atoms with E-state index in [4.69, 9.17) is 6.42 Å². The van der Waals surface area contributed by atoms with E-state index in [9.17, 15) is 8.42 Å². The molecule has 1 saturated carbocycles. The molecule has 21 heavy (non-hydrogen) atoms. The maximum atomic E-state index is 12.7. The number of nitrogens with zero attached hydrogens (tertiary/aromatic N) is 2. The maximum absolute atomic E-state index is 12.7. The molecule has 1 aliphatic rings. The first-order valence-electron chi connectivity index (χ1n) is 6.59. The monoisotopic (exact) mass is 318 g/mol. The zero-order chi connectivity index (χ0) is 14.9. The van der Waals surface area contributed by atoms with Crippen LogP contribution in [0.15, 0.2) is 40.7 Å². The molecule has 6 heteroatoms. The fourth-order valence-electron chi connectivity index (χ4n) is 2.08. The van der Waals surface area contributed by atoms with Crippen LogP contribution in [0.1, 0.15) is 12.8 Å². The smallest absolute Gasteiger partial charge is 0.253 e. The molecule has 2 aromatic rings. The highest BCUT2D eigenvalue weighted by Gasteiger charge is 2.38. The number of sulfonamides is 1. The Bertz CT molecular complexity index is 772. The minimum atomic E-state index is -3.51. The minimum Gasteiger partial charge on any atom is -0.255 e. The lowest BCUT2D eigenvalue weighted by Gasteiger charge is -2.17. The molecular weight excluding hydrogens is 304 g/mol. The number of pyridine rings is 1. The van der Waals surface area contributed by atoms with E-state index in [-0.39, 0.29) is 12.6 Å². The largest absolute Gasteiger partial charge is 0.255 e. The fourth-order valence-corrected chi connectivity index (χ4v) is 5.09. The van der Waals surface area contributed by atoms with Gasteiger partial charge in [0.1, 0.15) is 4.21 Å². The lowest BCUT2D eigenvalue weighted by Crippen LogP contribution is -2.32. The number of thiophene rings is 1. The fraction of sp³-hybridized carbons (Fsp3) is 0.267. The molecule has 2 heterocycles. The molecule has 0 aliphatic heterocycles. The molecule has 0 spiro atoms. The molecule has 0 radical (unpaired) electrons. The number of aromatic nitrogens is 1. The summed E-state index contributed by atoms with van der Waals surface area (Å²) in [6, 6.07) is 9.06. The SMILES string of the molecule is C#CCN(C1CC1)S(=O)(=O)c1ccc(-c2ccccn2)s1. The zero-order valence-electron chi connectivity index (χ0n) is 11.3. The summed E-state index contributed by atoms with van der Waals surface area (Å²) < 4.78 is 27.1. The van der Waals surface area contributed by atoms with Gasteiger partial charge in [-0.25, -0.2) is 8.42 Å². The Morgan fingerprint density at radius 1 is 1.33 bits per heavy atom. The van der Waals surface area contributed by atoms with Crippen molar-refractivity contribution in [3.8, 4) is 22.9 Å². The summed E-state index contributed by atoms with van der Waals surface area (Å²) in [5.74, 6) is 2.44. The molecule has 3 rings (SSSR count). The number of hydrogen-bond donors (Lipinski definition) is 0. The molecular formula is C15H14N2O2S2. The average Bonchev–Trinajstić information content (AvgIpc) is 3.19. The van der Waals surface area contributed by atoms with Crippen molar-refractivity contribution in [2.45, 2.75) is 23.1 Å². The van der Waals surface area contributed by atoms with Gasteiger partial charge in [0, 0.05) is 12.2 Å². The molecule has 0 unspecified atom stereocenters. The van der Waals surface area contributed by atoms with Crippen LogP contribution in [0, 0.1) is 12.3 Å². The molecule has 1 fully saturated rings. The molecule has 0 N–H and O–H groups in total. The van der Waals surface area contributed by atoms with E-state index in [0.29, 0.717) is 4.21 Å². The molecule has 0 amide bonds. The molecule has 0 atom stereocenters. The van der Waals surface area contributed by atoms with Crippen LogP contribution in [0.25, 0.3) is 10.6 Å². The molecule has 1 aliphatic carbocycles. The van der Waals surface area contributed by atoms with Crippen molar-refractivity contribution < 1.29 is 8.42 Å². The predicted molar refractivity (Wildman–Crippen MR) is 83.3 cm³/mol. The van der Waals surface area contributed by atoms with Crippen LogP contribution < -0.4 is 0 Å². The second-order valence-corrected chi connectivity index (χ2v) is 8.02. The van der Waals surface area contributed by atoms with E-state index in [1.165, 1.54) is 15.6 Å². The van der Waals surface area contributed by atoms with E-state index in [2.05, 4.69) is 10.9 Å². The molecule has 0 bridgehead atoms. The number of terminal acetylenes is 1. The summed E-state index contributed by atoms with van der Waals surface area (Å²) >= 11 is 1.23. The third-order valence-electron chi connectivity index (χ3n) is 3.26. The van der Waals surface area contributed by atoms with Crippen LogP contribution in [0.2, 0.25) is 0 Å². The van der Waals surface area contributed by atoms with Crippen LogP contribution in [-0.4, -0.2) is 30.3 Å². The van der Waals surface area contributed by atoms with Crippen molar-refractivity contribution in [1.29, 1.82) is 0 Å². The normalized spacial score (nSPS) is 15.0.